The molecule has 0 heterocycles. The molecule has 3 heteroatoms. The first-order chi connectivity index (χ1) is 15.0. The molecule has 3 nitrogen and oxygen atoms in total. The Bertz CT molecular complexity index is 561. The normalized spacial score (nSPS) is 11.6. The van der Waals surface area contributed by atoms with Crippen LogP contribution in [0.2, 0.25) is 0 Å². The van der Waals surface area contributed by atoms with Crippen molar-refractivity contribution >= 4 is 11.5 Å². The van der Waals surface area contributed by atoms with Gasteiger partial charge in [0.15, 0.2) is 5.78 Å². The lowest BCUT2D eigenvalue weighted by Gasteiger charge is -2.28. The highest BCUT2D eigenvalue weighted by Gasteiger charge is 2.35. The Balaban J connectivity index is 2.88. The minimum atomic E-state index is -1.21. The number of ketones is 1. The van der Waals surface area contributed by atoms with Crippen LogP contribution < -0.4 is 4.90 Å². The maximum atomic E-state index is 13.2. The highest BCUT2D eigenvalue weighted by Crippen LogP contribution is 2.27. The van der Waals surface area contributed by atoms with Gasteiger partial charge in [-0.15, -0.1) is 0 Å². The van der Waals surface area contributed by atoms with E-state index in [9.17, 15) is 9.90 Å². The van der Waals surface area contributed by atoms with Gasteiger partial charge in [-0.1, -0.05) is 91.9 Å². The van der Waals surface area contributed by atoms with Gasteiger partial charge >= 0.3 is 0 Å². The van der Waals surface area contributed by atoms with Gasteiger partial charge in [-0.05, 0) is 49.9 Å². The van der Waals surface area contributed by atoms with Crippen molar-refractivity contribution in [3.05, 3.63) is 29.8 Å². The minimum Gasteiger partial charge on any atom is -0.382 e. The number of benzene rings is 1. The van der Waals surface area contributed by atoms with E-state index < -0.39 is 5.60 Å². The van der Waals surface area contributed by atoms with Gasteiger partial charge in [-0.3, -0.25) is 4.79 Å². The lowest BCUT2D eigenvalue weighted by molar-refractivity contribution is 0.0202. The van der Waals surface area contributed by atoms with Crippen molar-refractivity contribution in [1.82, 2.24) is 0 Å². The van der Waals surface area contributed by atoms with Gasteiger partial charge in [-0.25, -0.2) is 0 Å². The third kappa shape index (κ3) is 10.2. The average molecular weight is 432 g/mol. The maximum Gasteiger partial charge on any atom is 0.194 e. The van der Waals surface area contributed by atoms with E-state index in [2.05, 4.69) is 44.7 Å². The van der Waals surface area contributed by atoms with Crippen LogP contribution >= 0.6 is 0 Å². The van der Waals surface area contributed by atoms with E-state index in [1.54, 1.807) is 0 Å². The summed E-state index contributed by atoms with van der Waals surface area (Å²) in [5.41, 5.74) is 0.638. The largest absolute Gasteiger partial charge is 0.382 e. The molecule has 0 atom stereocenters. The first-order valence-electron chi connectivity index (χ1n) is 13.1. The molecule has 1 aromatic carbocycles. The quantitative estimate of drug-likeness (QED) is 0.178. The van der Waals surface area contributed by atoms with Gasteiger partial charge in [0.2, 0.25) is 0 Å². The number of hydrogen-bond acceptors (Lipinski definition) is 3. The van der Waals surface area contributed by atoms with Crippen molar-refractivity contribution in [3.63, 3.8) is 0 Å². The fraction of sp³-hybridized carbons (Fsp3) is 0.750. The van der Waals surface area contributed by atoms with E-state index in [1.165, 1.54) is 57.1 Å². The molecule has 0 saturated heterocycles. The second kappa shape index (κ2) is 16.3. The predicted molar refractivity (Wildman–Crippen MR) is 135 cm³/mol. The number of anilines is 1. The van der Waals surface area contributed by atoms with Crippen molar-refractivity contribution in [1.29, 1.82) is 0 Å². The molecule has 0 radical (unpaired) electrons. The fourth-order valence-corrected chi connectivity index (χ4v) is 4.21. The van der Waals surface area contributed by atoms with Gasteiger partial charge in [0.05, 0.1) is 0 Å². The Kier molecular flexibility index (Phi) is 14.6. The maximum absolute atomic E-state index is 13.2. The number of unbranched alkanes of at least 4 members (excludes halogenated alkanes) is 8. The molecule has 0 saturated carbocycles. The van der Waals surface area contributed by atoms with Crippen LogP contribution in [0.15, 0.2) is 24.3 Å². The summed E-state index contributed by atoms with van der Waals surface area (Å²) in [6.07, 6.45) is 15.0. The number of hydrogen-bond donors (Lipinski definition) is 1. The summed E-state index contributed by atoms with van der Waals surface area (Å²) >= 11 is 0. The minimum absolute atomic E-state index is 0.0987. The fourth-order valence-electron chi connectivity index (χ4n) is 4.21. The summed E-state index contributed by atoms with van der Waals surface area (Å²) in [5, 5.41) is 11.1. The molecule has 0 aliphatic heterocycles. The van der Waals surface area contributed by atoms with Crippen LogP contribution in [0.4, 0.5) is 5.69 Å². The highest BCUT2D eigenvalue weighted by atomic mass is 16.3. The van der Waals surface area contributed by atoms with Gasteiger partial charge in [0.25, 0.3) is 0 Å². The Morgan fingerprint density at radius 2 is 1.16 bits per heavy atom. The van der Waals surface area contributed by atoms with Gasteiger partial charge < -0.3 is 10.0 Å². The number of aliphatic hydroxyl groups is 1. The molecule has 1 N–H and O–H groups in total. The smallest absolute Gasteiger partial charge is 0.194 e. The van der Waals surface area contributed by atoms with Crippen LogP contribution in [0.3, 0.4) is 0 Å². The van der Waals surface area contributed by atoms with Crippen molar-refractivity contribution in [2.24, 2.45) is 0 Å². The van der Waals surface area contributed by atoms with Crippen LogP contribution in [-0.4, -0.2) is 29.6 Å². The number of carbonyl (C=O) groups excluding carboxylic acids is 1. The molecular weight excluding hydrogens is 382 g/mol. The molecular formula is C28H49NO2. The van der Waals surface area contributed by atoms with Crippen LogP contribution in [0.5, 0.6) is 0 Å². The Morgan fingerprint density at radius 3 is 1.58 bits per heavy atom. The summed E-state index contributed by atoms with van der Waals surface area (Å²) in [6.45, 7) is 10.9. The molecule has 0 fully saturated rings. The summed E-state index contributed by atoms with van der Waals surface area (Å²) in [6, 6.07) is 8.05. The zero-order valence-electron chi connectivity index (χ0n) is 20.9. The Labute approximate surface area is 192 Å². The van der Waals surface area contributed by atoms with Crippen molar-refractivity contribution < 1.29 is 9.90 Å². The Morgan fingerprint density at radius 1 is 0.710 bits per heavy atom. The van der Waals surface area contributed by atoms with Gasteiger partial charge in [-0.2, -0.15) is 0 Å². The number of rotatable bonds is 19. The summed E-state index contributed by atoms with van der Waals surface area (Å²) in [7, 11) is 0. The van der Waals surface area contributed by atoms with E-state index in [1.807, 2.05) is 12.1 Å². The summed E-state index contributed by atoms with van der Waals surface area (Å²) < 4.78 is 0. The number of carbonyl (C=O) groups is 1. The first kappa shape index (κ1) is 27.7. The molecule has 31 heavy (non-hydrogen) atoms. The molecule has 0 unspecified atom stereocenters. The first-order valence-corrected chi connectivity index (χ1v) is 13.1. The second-order valence-electron chi connectivity index (χ2n) is 9.22. The number of Topliss-reactive ketones (excluding diaryl/α,β-unsaturated/α-hetero) is 1. The van der Waals surface area contributed by atoms with Crippen molar-refractivity contribution in [2.75, 3.05) is 18.0 Å². The van der Waals surface area contributed by atoms with Crippen molar-refractivity contribution in [2.45, 2.75) is 123 Å². The molecule has 0 bridgehead atoms. The molecule has 1 aromatic rings. The third-order valence-electron chi connectivity index (χ3n) is 6.37. The molecule has 0 amide bonds. The third-order valence-corrected chi connectivity index (χ3v) is 6.37. The molecule has 0 aliphatic rings. The van der Waals surface area contributed by atoms with Crippen LogP contribution in [-0.2, 0) is 0 Å². The van der Waals surface area contributed by atoms with Crippen LogP contribution in [0.1, 0.15) is 128 Å². The van der Waals surface area contributed by atoms with Crippen molar-refractivity contribution in [3.8, 4) is 0 Å². The van der Waals surface area contributed by atoms with Crippen LogP contribution in [0, 0.1) is 0 Å². The van der Waals surface area contributed by atoms with E-state index in [0.717, 1.165) is 38.8 Å². The van der Waals surface area contributed by atoms with Gasteiger partial charge in [0.1, 0.15) is 5.60 Å². The summed E-state index contributed by atoms with van der Waals surface area (Å²) in [4.78, 5) is 15.7. The SMILES string of the molecule is CCCCCCN(CCCCCC)c1ccc(C(=O)C(O)(CCCC)CCCC)cc1. The topological polar surface area (TPSA) is 40.5 Å². The zero-order chi connectivity index (χ0) is 23.0. The van der Waals surface area contributed by atoms with Crippen LogP contribution in [0.25, 0.3) is 0 Å². The second-order valence-corrected chi connectivity index (χ2v) is 9.22. The van der Waals surface area contributed by atoms with Gasteiger partial charge in [0, 0.05) is 24.3 Å². The molecule has 0 aliphatic carbocycles. The van der Waals surface area contributed by atoms with E-state index in [4.69, 9.17) is 0 Å². The van der Waals surface area contributed by atoms with E-state index in [0.29, 0.717) is 18.4 Å². The average Bonchev–Trinajstić information content (AvgIpc) is 2.80. The highest BCUT2D eigenvalue weighted by molar-refractivity contribution is 6.02. The zero-order valence-corrected chi connectivity index (χ0v) is 20.9. The number of nitrogens with zero attached hydrogens (tertiary/aromatic N) is 1. The molecule has 178 valence electrons. The molecule has 0 spiro atoms. The molecule has 0 aromatic heterocycles. The lowest BCUT2D eigenvalue weighted by Crippen LogP contribution is -2.38. The molecule has 1 rings (SSSR count). The Hall–Kier alpha value is -1.35. The monoisotopic (exact) mass is 431 g/mol. The standard InChI is InChI=1S/C28H49NO2/c1-5-9-13-15-23-29(24-16-14-10-6-2)26-19-17-25(18-20-26)27(30)28(31,21-11-7-3)22-12-8-4/h17-20,31H,5-16,21-24H2,1-4H3. The predicted octanol–water partition coefficient (Wildman–Crippen LogP) is 7.95. The lowest BCUT2D eigenvalue weighted by atomic mass is 9.84. The van der Waals surface area contributed by atoms with E-state index >= 15 is 0 Å². The summed E-state index contributed by atoms with van der Waals surface area (Å²) in [5.74, 6) is -0.0987. The van der Waals surface area contributed by atoms with E-state index in [-0.39, 0.29) is 5.78 Å².